The van der Waals surface area contributed by atoms with Crippen LogP contribution < -0.4 is 10.1 Å². The number of carbonyl (C=O) groups is 1. The Morgan fingerprint density at radius 2 is 2.07 bits per heavy atom. The van der Waals surface area contributed by atoms with Crippen LogP contribution in [0.15, 0.2) is 54.9 Å². The molecule has 4 rings (SSSR count). The van der Waals surface area contributed by atoms with E-state index in [0.29, 0.717) is 19.5 Å². The molecule has 0 saturated heterocycles. The number of carbonyl (C=O) groups excluding carboxylic acids is 1. The summed E-state index contributed by atoms with van der Waals surface area (Å²) >= 11 is 0. The van der Waals surface area contributed by atoms with Crippen LogP contribution in [0.4, 0.5) is 0 Å². The van der Waals surface area contributed by atoms with Crippen molar-refractivity contribution in [3.63, 3.8) is 0 Å². The molecule has 0 aliphatic carbocycles. The van der Waals surface area contributed by atoms with Gasteiger partial charge in [-0.05, 0) is 42.8 Å². The molecule has 0 aliphatic heterocycles. The van der Waals surface area contributed by atoms with E-state index < -0.39 is 0 Å². The molecule has 7 nitrogen and oxygen atoms in total. The predicted octanol–water partition coefficient (Wildman–Crippen LogP) is 2.83. The Morgan fingerprint density at radius 1 is 1.14 bits per heavy atom. The summed E-state index contributed by atoms with van der Waals surface area (Å²) in [5.74, 6) is 1.81. The fourth-order valence-electron chi connectivity index (χ4n) is 3.35. The van der Waals surface area contributed by atoms with Crippen LogP contribution in [-0.2, 0) is 17.8 Å². The Labute approximate surface area is 162 Å². The molecule has 0 spiro atoms. The first-order valence-corrected chi connectivity index (χ1v) is 9.43. The highest BCUT2D eigenvalue weighted by Crippen LogP contribution is 2.22. The number of aromatic nitrogens is 4. The van der Waals surface area contributed by atoms with E-state index in [-0.39, 0.29) is 5.91 Å². The molecule has 4 aromatic rings. The van der Waals surface area contributed by atoms with Gasteiger partial charge in [0.05, 0.1) is 7.11 Å². The number of benzene rings is 1. The van der Waals surface area contributed by atoms with E-state index in [1.165, 1.54) is 0 Å². The molecule has 0 radical (unpaired) electrons. The molecule has 0 aliphatic rings. The van der Waals surface area contributed by atoms with Gasteiger partial charge in [0.25, 0.3) is 0 Å². The van der Waals surface area contributed by atoms with Crippen molar-refractivity contribution in [3.05, 3.63) is 60.7 Å². The number of nitrogens with one attached hydrogen (secondary N) is 1. The van der Waals surface area contributed by atoms with Crippen LogP contribution in [0.3, 0.4) is 0 Å². The number of methoxy groups -OCH3 is 1. The number of pyridine rings is 1. The number of nitrogens with zero attached hydrogens (tertiary/aromatic N) is 4. The average molecular weight is 377 g/mol. The number of hydrogen-bond acceptors (Lipinski definition) is 4. The van der Waals surface area contributed by atoms with E-state index in [0.717, 1.165) is 41.0 Å². The third-order valence-electron chi connectivity index (χ3n) is 4.84. The SMILES string of the molecule is COc1ccc2c(ccn2CCC(=O)NCCCc2nnc3ccccn23)c1. The Bertz CT molecular complexity index is 1100. The third-order valence-corrected chi connectivity index (χ3v) is 4.84. The number of fused-ring (bicyclic) bond motifs is 2. The van der Waals surface area contributed by atoms with Crippen LogP contribution in [0.2, 0.25) is 0 Å². The van der Waals surface area contributed by atoms with Gasteiger partial charge in [-0.15, -0.1) is 10.2 Å². The van der Waals surface area contributed by atoms with E-state index in [1.54, 1.807) is 7.11 Å². The Morgan fingerprint density at radius 3 is 2.96 bits per heavy atom. The summed E-state index contributed by atoms with van der Waals surface area (Å²) in [6.45, 7) is 1.28. The summed E-state index contributed by atoms with van der Waals surface area (Å²) in [6.07, 6.45) is 6.01. The van der Waals surface area contributed by atoms with Crippen LogP contribution in [0, 0.1) is 0 Å². The molecule has 144 valence electrons. The molecule has 0 fully saturated rings. The molecule has 1 amide bonds. The lowest BCUT2D eigenvalue weighted by molar-refractivity contribution is -0.121. The van der Waals surface area contributed by atoms with Crippen molar-refractivity contribution in [2.45, 2.75) is 25.8 Å². The first kappa shape index (κ1) is 18.0. The topological polar surface area (TPSA) is 73.4 Å². The van der Waals surface area contributed by atoms with Crippen molar-refractivity contribution in [2.75, 3.05) is 13.7 Å². The molecule has 7 heteroatoms. The highest BCUT2D eigenvalue weighted by molar-refractivity contribution is 5.82. The van der Waals surface area contributed by atoms with Gasteiger partial charge in [-0.25, -0.2) is 0 Å². The summed E-state index contributed by atoms with van der Waals surface area (Å²) in [6, 6.07) is 13.8. The fraction of sp³-hybridized carbons (Fsp3) is 0.286. The Balaban J connectivity index is 1.24. The minimum atomic E-state index is 0.0569. The molecular weight excluding hydrogens is 354 g/mol. The smallest absolute Gasteiger partial charge is 0.221 e. The number of hydrogen-bond donors (Lipinski definition) is 1. The largest absolute Gasteiger partial charge is 0.497 e. The summed E-state index contributed by atoms with van der Waals surface area (Å²) < 4.78 is 9.33. The van der Waals surface area contributed by atoms with Crippen LogP contribution >= 0.6 is 0 Å². The van der Waals surface area contributed by atoms with Gasteiger partial charge >= 0.3 is 0 Å². The third kappa shape index (κ3) is 3.83. The normalized spacial score (nSPS) is 11.2. The highest BCUT2D eigenvalue weighted by atomic mass is 16.5. The first-order chi connectivity index (χ1) is 13.7. The standard InChI is InChI=1S/C21H23N5O2/c1-28-17-7-8-18-16(15-17)9-13-25(18)14-10-21(27)22-11-4-6-20-24-23-19-5-2-3-12-26(19)20/h2-3,5,7-9,12-13,15H,4,6,10-11,14H2,1H3,(H,22,27). The lowest BCUT2D eigenvalue weighted by Gasteiger charge is -2.07. The highest BCUT2D eigenvalue weighted by Gasteiger charge is 2.07. The van der Waals surface area contributed by atoms with Gasteiger partial charge in [0.15, 0.2) is 5.65 Å². The first-order valence-electron chi connectivity index (χ1n) is 9.43. The van der Waals surface area contributed by atoms with Crippen molar-refractivity contribution in [1.82, 2.24) is 24.5 Å². The molecule has 0 bridgehead atoms. The van der Waals surface area contributed by atoms with Gasteiger partial charge in [0, 0.05) is 49.2 Å². The van der Waals surface area contributed by atoms with E-state index >= 15 is 0 Å². The average Bonchev–Trinajstić information content (AvgIpc) is 3.33. The van der Waals surface area contributed by atoms with Gasteiger partial charge in [0.1, 0.15) is 11.6 Å². The molecule has 0 saturated carbocycles. The second-order valence-corrected chi connectivity index (χ2v) is 6.68. The second-order valence-electron chi connectivity index (χ2n) is 6.68. The minimum absolute atomic E-state index is 0.0569. The molecule has 1 aromatic carbocycles. The van der Waals surface area contributed by atoms with Crippen molar-refractivity contribution < 1.29 is 9.53 Å². The maximum atomic E-state index is 12.2. The maximum Gasteiger partial charge on any atom is 0.221 e. The summed E-state index contributed by atoms with van der Waals surface area (Å²) in [7, 11) is 1.66. The predicted molar refractivity (Wildman–Crippen MR) is 107 cm³/mol. The van der Waals surface area contributed by atoms with Crippen molar-refractivity contribution in [3.8, 4) is 5.75 Å². The number of amides is 1. The Hall–Kier alpha value is -3.35. The van der Waals surface area contributed by atoms with E-state index in [2.05, 4.69) is 20.1 Å². The lowest BCUT2D eigenvalue weighted by Crippen LogP contribution is -2.25. The van der Waals surface area contributed by atoms with E-state index in [9.17, 15) is 4.79 Å². The molecular formula is C21H23N5O2. The van der Waals surface area contributed by atoms with Crippen LogP contribution in [0.5, 0.6) is 5.75 Å². The lowest BCUT2D eigenvalue weighted by atomic mass is 10.2. The van der Waals surface area contributed by atoms with E-state index in [4.69, 9.17) is 4.74 Å². The number of ether oxygens (including phenoxy) is 1. The van der Waals surface area contributed by atoms with Crippen LogP contribution in [-0.4, -0.2) is 38.7 Å². The zero-order valence-electron chi connectivity index (χ0n) is 15.8. The van der Waals surface area contributed by atoms with Crippen molar-refractivity contribution in [1.29, 1.82) is 0 Å². The Kier molecular flexibility index (Phi) is 5.23. The molecule has 0 unspecified atom stereocenters. The van der Waals surface area contributed by atoms with Gasteiger partial charge in [-0.3, -0.25) is 9.20 Å². The zero-order valence-corrected chi connectivity index (χ0v) is 15.8. The maximum absolute atomic E-state index is 12.2. The number of aryl methyl sites for hydroxylation is 2. The van der Waals surface area contributed by atoms with Crippen LogP contribution in [0.25, 0.3) is 16.6 Å². The summed E-state index contributed by atoms with van der Waals surface area (Å²) in [4.78, 5) is 12.2. The van der Waals surface area contributed by atoms with Crippen molar-refractivity contribution >= 4 is 22.5 Å². The van der Waals surface area contributed by atoms with Gasteiger partial charge < -0.3 is 14.6 Å². The minimum Gasteiger partial charge on any atom is -0.497 e. The summed E-state index contributed by atoms with van der Waals surface area (Å²) in [5, 5.41) is 12.5. The van der Waals surface area contributed by atoms with Crippen molar-refractivity contribution in [2.24, 2.45) is 0 Å². The zero-order chi connectivity index (χ0) is 19.3. The quantitative estimate of drug-likeness (QED) is 0.479. The summed E-state index contributed by atoms with van der Waals surface area (Å²) in [5.41, 5.74) is 1.95. The molecule has 0 atom stereocenters. The second kappa shape index (κ2) is 8.12. The number of rotatable bonds is 8. The monoisotopic (exact) mass is 377 g/mol. The molecule has 28 heavy (non-hydrogen) atoms. The molecule has 3 aromatic heterocycles. The van der Waals surface area contributed by atoms with Gasteiger partial charge in [-0.1, -0.05) is 6.07 Å². The molecule has 3 heterocycles. The van der Waals surface area contributed by atoms with Crippen LogP contribution in [0.1, 0.15) is 18.7 Å². The van der Waals surface area contributed by atoms with E-state index in [1.807, 2.05) is 59.3 Å². The fourth-order valence-corrected chi connectivity index (χ4v) is 3.35. The molecule has 1 N–H and O–H groups in total. The van der Waals surface area contributed by atoms with Gasteiger partial charge in [0.2, 0.25) is 5.91 Å². The van der Waals surface area contributed by atoms with Gasteiger partial charge in [-0.2, -0.15) is 0 Å².